The van der Waals surface area contributed by atoms with E-state index in [1.54, 1.807) is 29.9 Å². The first-order valence-electron chi connectivity index (χ1n) is 4.28. The standard InChI is InChI=1S/C8H10NO2.C2H6/c1-9-6-4-3-5-7(9)8(10)11-2;1-2/h3-6H,1-2H3;1-2H3/q+1;. The van der Waals surface area contributed by atoms with E-state index in [2.05, 4.69) is 4.74 Å². The lowest BCUT2D eigenvalue weighted by Crippen LogP contribution is -2.35. The van der Waals surface area contributed by atoms with Crippen LogP contribution in [0.25, 0.3) is 0 Å². The number of hydrogen-bond donors (Lipinski definition) is 0. The molecule has 0 aliphatic carbocycles. The Hall–Kier alpha value is -1.38. The smallest absolute Gasteiger partial charge is 0.403 e. The Labute approximate surface area is 79.0 Å². The van der Waals surface area contributed by atoms with Crippen molar-refractivity contribution in [2.45, 2.75) is 13.8 Å². The van der Waals surface area contributed by atoms with Gasteiger partial charge < -0.3 is 4.74 Å². The number of nitrogens with zero attached hydrogens (tertiary/aromatic N) is 1. The Morgan fingerprint density at radius 2 is 2.00 bits per heavy atom. The lowest BCUT2D eigenvalue weighted by atomic mass is 10.3. The van der Waals surface area contributed by atoms with Crippen LogP contribution in [0, 0.1) is 0 Å². The van der Waals surface area contributed by atoms with Crippen LogP contribution in [0.4, 0.5) is 0 Å². The average Bonchev–Trinajstić information content (AvgIpc) is 2.20. The number of aryl methyl sites for hydroxylation is 1. The summed E-state index contributed by atoms with van der Waals surface area (Å²) in [6.07, 6.45) is 1.80. The third-order valence-corrected chi connectivity index (χ3v) is 1.45. The highest BCUT2D eigenvalue weighted by atomic mass is 16.5. The fraction of sp³-hybridized carbons (Fsp3) is 0.400. The van der Waals surface area contributed by atoms with Gasteiger partial charge in [0.25, 0.3) is 5.69 Å². The molecule has 0 aliphatic heterocycles. The normalized spacial score (nSPS) is 8.31. The molecule has 72 valence electrons. The van der Waals surface area contributed by atoms with Crippen LogP contribution < -0.4 is 4.57 Å². The minimum Gasteiger partial charge on any atom is -0.461 e. The molecule has 0 N–H and O–H groups in total. The van der Waals surface area contributed by atoms with Gasteiger partial charge in [-0.3, -0.25) is 0 Å². The van der Waals surface area contributed by atoms with Crippen LogP contribution >= 0.6 is 0 Å². The maximum absolute atomic E-state index is 11.0. The molecule has 3 nitrogen and oxygen atoms in total. The van der Waals surface area contributed by atoms with Gasteiger partial charge in [0, 0.05) is 12.1 Å². The van der Waals surface area contributed by atoms with Crippen molar-refractivity contribution in [3.8, 4) is 0 Å². The number of rotatable bonds is 1. The molecule has 0 aliphatic rings. The maximum atomic E-state index is 11.0. The molecule has 13 heavy (non-hydrogen) atoms. The Balaban J connectivity index is 0.000000671. The minimum absolute atomic E-state index is 0.312. The molecule has 3 heteroatoms. The van der Waals surface area contributed by atoms with Gasteiger partial charge in [-0.2, -0.15) is 4.57 Å². The van der Waals surface area contributed by atoms with Gasteiger partial charge in [0.05, 0.1) is 7.11 Å². The second-order valence-corrected chi connectivity index (χ2v) is 2.19. The Morgan fingerprint density at radius 1 is 1.38 bits per heavy atom. The van der Waals surface area contributed by atoms with E-state index in [9.17, 15) is 4.79 Å². The van der Waals surface area contributed by atoms with Crippen molar-refractivity contribution in [2.75, 3.05) is 7.11 Å². The van der Waals surface area contributed by atoms with Crippen molar-refractivity contribution >= 4 is 5.97 Å². The van der Waals surface area contributed by atoms with Gasteiger partial charge in [-0.05, 0) is 6.07 Å². The van der Waals surface area contributed by atoms with Crippen LogP contribution in [0.15, 0.2) is 24.4 Å². The summed E-state index contributed by atoms with van der Waals surface area (Å²) in [5, 5.41) is 0. The van der Waals surface area contributed by atoms with Crippen molar-refractivity contribution in [3.05, 3.63) is 30.1 Å². The third kappa shape index (κ3) is 3.23. The van der Waals surface area contributed by atoms with Crippen LogP contribution in [-0.4, -0.2) is 13.1 Å². The van der Waals surface area contributed by atoms with E-state index in [0.717, 1.165) is 0 Å². The predicted molar refractivity (Wildman–Crippen MR) is 50.3 cm³/mol. The number of methoxy groups -OCH3 is 1. The Morgan fingerprint density at radius 3 is 2.46 bits per heavy atom. The summed E-state index contributed by atoms with van der Waals surface area (Å²) in [4.78, 5) is 11.0. The van der Waals surface area contributed by atoms with Crippen molar-refractivity contribution in [3.63, 3.8) is 0 Å². The van der Waals surface area contributed by atoms with E-state index in [-0.39, 0.29) is 5.97 Å². The number of pyridine rings is 1. The number of carbonyl (C=O) groups excluding carboxylic acids is 1. The van der Waals surface area contributed by atoms with Crippen molar-refractivity contribution < 1.29 is 14.1 Å². The lowest BCUT2D eigenvalue weighted by molar-refractivity contribution is -0.674. The maximum Gasteiger partial charge on any atom is 0.403 e. The summed E-state index contributed by atoms with van der Waals surface area (Å²) in [6, 6.07) is 5.37. The number of aromatic nitrogens is 1. The molecule has 0 saturated carbocycles. The van der Waals surface area contributed by atoms with Crippen molar-refractivity contribution in [1.82, 2.24) is 0 Å². The SMILES string of the molecule is CC.COC(=O)c1cccc[n+]1C. The van der Waals surface area contributed by atoms with Crippen LogP contribution in [0.3, 0.4) is 0 Å². The molecular weight excluding hydrogens is 166 g/mol. The number of carbonyl (C=O) groups is 1. The number of esters is 1. The zero-order valence-electron chi connectivity index (χ0n) is 8.57. The van der Waals surface area contributed by atoms with Gasteiger partial charge in [0.15, 0.2) is 6.20 Å². The summed E-state index contributed by atoms with van der Waals surface area (Å²) in [5.41, 5.74) is 0.551. The Kier molecular flexibility index (Phi) is 5.52. The van der Waals surface area contributed by atoms with Gasteiger partial charge >= 0.3 is 5.97 Å². The molecule has 0 amide bonds. The molecule has 0 atom stereocenters. The van der Waals surface area contributed by atoms with Crippen molar-refractivity contribution in [1.29, 1.82) is 0 Å². The van der Waals surface area contributed by atoms with Crippen LogP contribution in [0.2, 0.25) is 0 Å². The average molecular weight is 182 g/mol. The highest BCUT2D eigenvalue weighted by molar-refractivity contribution is 5.85. The van der Waals surface area contributed by atoms with Crippen LogP contribution in [0.1, 0.15) is 24.3 Å². The molecule has 0 spiro atoms. The molecule has 0 bridgehead atoms. The second-order valence-electron chi connectivity index (χ2n) is 2.19. The predicted octanol–water partition coefficient (Wildman–Crippen LogP) is 1.32. The molecule has 0 unspecified atom stereocenters. The van der Waals surface area contributed by atoms with Gasteiger partial charge in [-0.15, -0.1) is 0 Å². The van der Waals surface area contributed by atoms with E-state index in [1.807, 2.05) is 19.9 Å². The molecule has 0 saturated heterocycles. The fourth-order valence-corrected chi connectivity index (χ4v) is 0.840. The second kappa shape index (κ2) is 6.17. The van der Waals surface area contributed by atoms with Crippen LogP contribution in [-0.2, 0) is 11.8 Å². The monoisotopic (exact) mass is 182 g/mol. The highest BCUT2D eigenvalue weighted by Gasteiger charge is 2.14. The third-order valence-electron chi connectivity index (χ3n) is 1.45. The molecule has 1 aromatic heterocycles. The van der Waals surface area contributed by atoms with Crippen molar-refractivity contribution in [2.24, 2.45) is 7.05 Å². The fourth-order valence-electron chi connectivity index (χ4n) is 0.840. The first-order chi connectivity index (χ1) is 6.25. The Bertz CT molecular complexity index is 271. The zero-order chi connectivity index (χ0) is 10.3. The minimum atomic E-state index is -0.312. The van der Waals surface area contributed by atoms with Gasteiger partial charge in [0.1, 0.15) is 7.05 Å². The van der Waals surface area contributed by atoms with Gasteiger partial charge in [0.2, 0.25) is 0 Å². The topological polar surface area (TPSA) is 30.2 Å². The number of ether oxygens (including phenoxy) is 1. The van der Waals surface area contributed by atoms with E-state index < -0.39 is 0 Å². The molecule has 1 heterocycles. The van der Waals surface area contributed by atoms with Crippen LogP contribution in [0.5, 0.6) is 0 Å². The number of hydrogen-bond acceptors (Lipinski definition) is 2. The lowest BCUT2D eigenvalue weighted by Gasteiger charge is -1.95. The largest absolute Gasteiger partial charge is 0.461 e. The molecule has 0 aromatic carbocycles. The van der Waals surface area contributed by atoms with Gasteiger partial charge in [-0.1, -0.05) is 13.8 Å². The summed E-state index contributed by atoms with van der Waals surface area (Å²) >= 11 is 0. The summed E-state index contributed by atoms with van der Waals surface area (Å²) < 4.78 is 6.27. The molecule has 1 aromatic rings. The molecule has 1 rings (SSSR count). The quantitative estimate of drug-likeness (QED) is 0.484. The summed E-state index contributed by atoms with van der Waals surface area (Å²) in [5.74, 6) is -0.312. The van der Waals surface area contributed by atoms with E-state index >= 15 is 0 Å². The van der Waals surface area contributed by atoms with E-state index in [0.29, 0.717) is 5.69 Å². The zero-order valence-corrected chi connectivity index (χ0v) is 8.57. The van der Waals surface area contributed by atoms with Gasteiger partial charge in [-0.25, -0.2) is 4.79 Å². The first-order valence-corrected chi connectivity index (χ1v) is 4.28. The summed E-state index contributed by atoms with van der Waals surface area (Å²) in [7, 11) is 3.17. The van der Waals surface area contributed by atoms with E-state index in [4.69, 9.17) is 0 Å². The van der Waals surface area contributed by atoms with E-state index in [1.165, 1.54) is 7.11 Å². The highest BCUT2D eigenvalue weighted by Crippen LogP contribution is 1.91. The molecule has 0 radical (unpaired) electrons. The molecule has 0 fully saturated rings. The summed E-state index contributed by atoms with van der Waals surface area (Å²) in [6.45, 7) is 4.00. The first kappa shape index (κ1) is 11.6. The molecular formula is C10H16NO2+.